The molecular weight excluding hydrogens is 566 g/mol. The van der Waals surface area contributed by atoms with Crippen LogP contribution in [0.15, 0.2) is 36.4 Å². The van der Waals surface area contributed by atoms with Crippen LogP contribution in [0.2, 0.25) is 0 Å². The summed E-state index contributed by atoms with van der Waals surface area (Å²) in [6.45, 7) is 10.2. The fourth-order valence-electron chi connectivity index (χ4n) is 5.07. The van der Waals surface area contributed by atoms with Crippen molar-refractivity contribution in [3.63, 3.8) is 0 Å². The number of nitrogens with zero attached hydrogens (tertiary/aromatic N) is 1. The van der Waals surface area contributed by atoms with Crippen molar-refractivity contribution in [2.75, 3.05) is 18.4 Å². The third-order valence-electron chi connectivity index (χ3n) is 7.80. The molecule has 2 aliphatic rings. The predicted octanol–water partition coefficient (Wildman–Crippen LogP) is 2.88. The van der Waals surface area contributed by atoms with E-state index < -0.39 is 30.0 Å². The quantitative estimate of drug-likeness (QED) is 0.249. The summed E-state index contributed by atoms with van der Waals surface area (Å²) in [7, 11) is 0. The van der Waals surface area contributed by atoms with E-state index in [1.165, 1.54) is 17.1 Å². The summed E-state index contributed by atoms with van der Waals surface area (Å²) in [5, 5.41) is 11.0. The molecule has 1 aliphatic carbocycles. The van der Waals surface area contributed by atoms with Gasteiger partial charge >= 0.3 is 6.09 Å². The van der Waals surface area contributed by atoms with Crippen molar-refractivity contribution in [1.29, 1.82) is 0 Å². The lowest BCUT2D eigenvalue weighted by molar-refractivity contribution is -0.138. The smallest absolute Gasteiger partial charge is 0.407 e. The zero-order valence-electron chi connectivity index (χ0n) is 26.2. The molecule has 0 saturated heterocycles. The Morgan fingerprint density at radius 2 is 1.48 bits per heavy atom. The Labute approximate surface area is 258 Å². The van der Waals surface area contributed by atoms with Gasteiger partial charge in [-0.25, -0.2) is 4.79 Å². The van der Waals surface area contributed by atoms with Crippen LogP contribution >= 0.6 is 0 Å². The number of imide groups is 1. The first-order valence-corrected chi connectivity index (χ1v) is 15.3. The molecule has 1 aliphatic heterocycles. The average Bonchev–Trinajstić information content (AvgIpc) is 3.30. The molecule has 44 heavy (non-hydrogen) atoms. The van der Waals surface area contributed by atoms with Gasteiger partial charge in [0.1, 0.15) is 18.7 Å². The first kappa shape index (κ1) is 34.3. The number of carbonyl (C=O) groups is 6. The van der Waals surface area contributed by atoms with E-state index in [4.69, 9.17) is 4.74 Å². The fourth-order valence-corrected chi connectivity index (χ4v) is 5.07. The van der Waals surface area contributed by atoms with Crippen LogP contribution in [-0.2, 0) is 35.3 Å². The van der Waals surface area contributed by atoms with Crippen LogP contribution in [0.4, 0.5) is 10.5 Å². The first-order chi connectivity index (χ1) is 20.8. The van der Waals surface area contributed by atoms with Gasteiger partial charge in [0.2, 0.25) is 17.7 Å². The van der Waals surface area contributed by atoms with Gasteiger partial charge in [-0.15, -0.1) is 0 Å². The summed E-state index contributed by atoms with van der Waals surface area (Å²) in [6.07, 6.45) is 4.65. The molecule has 0 aromatic heterocycles. The van der Waals surface area contributed by atoms with E-state index in [-0.39, 0.29) is 42.1 Å². The second kappa shape index (κ2) is 16.0. The van der Waals surface area contributed by atoms with Crippen molar-refractivity contribution < 1.29 is 33.5 Å². The summed E-state index contributed by atoms with van der Waals surface area (Å²) in [6, 6.07) is 5.14. The van der Waals surface area contributed by atoms with Gasteiger partial charge in [-0.3, -0.25) is 28.9 Å². The second-order valence-corrected chi connectivity index (χ2v) is 12.3. The third-order valence-corrected chi connectivity index (χ3v) is 7.80. The fraction of sp³-hybridized carbons (Fsp3) is 0.562. The Bertz CT molecular complexity index is 1220. The number of carbonyl (C=O) groups excluding carboxylic acids is 6. The second-order valence-electron chi connectivity index (χ2n) is 12.3. The number of rotatable bonds is 13. The number of hydrogen-bond donors (Lipinski definition) is 4. The largest absolute Gasteiger partial charge is 0.445 e. The lowest BCUT2D eigenvalue weighted by Gasteiger charge is -2.31. The third kappa shape index (κ3) is 10.2. The zero-order chi connectivity index (χ0) is 32.4. The lowest BCUT2D eigenvalue weighted by atomic mass is 9.81. The molecular formula is C32H45N5O7. The molecule has 0 spiro atoms. The zero-order valence-corrected chi connectivity index (χ0v) is 26.2. The summed E-state index contributed by atoms with van der Waals surface area (Å²) in [5.74, 6) is -1.72. The van der Waals surface area contributed by atoms with E-state index in [1.54, 1.807) is 31.2 Å². The molecule has 6 amide bonds. The van der Waals surface area contributed by atoms with Crippen molar-refractivity contribution in [3.05, 3.63) is 42.0 Å². The Hall–Kier alpha value is -4.22. The predicted molar refractivity (Wildman–Crippen MR) is 164 cm³/mol. The molecule has 0 radical (unpaired) electrons. The van der Waals surface area contributed by atoms with E-state index in [0.29, 0.717) is 50.4 Å². The highest BCUT2D eigenvalue weighted by molar-refractivity contribution is 6.12. The molecule has 12 heteroatoms. The molecule has 0 bridgehead atoms. The Morgan fingerprint density at radius 3 is 2.05 bits per heavy atom. The molecule has 0 unspecified atom stereocenters. The van der Waals surface area contributed by atoms with Crippen LogP contribution in [0.1, 0.15) is 65.9 Å². The van der Waals surface area contributed by atoms with E-state index in [1.807, 2.05) is 27.7 Å². The lowest BCUT2D eigenvalue weighted by Crippen LogP contribution is -2.54. The highest BCUT2D eigenvalue weighted by atomic mass is 16.5. The van der Waals surface area contributed by atoms with Gasteiger partial charge < -0.3 is 26.0 Å². The molecule has 1 aromatic carbocycles. The maximum Gasteiger partial charge on any atom is 0.407 e. The van der Waals surface area contributed by atoms with Crippen molar-refractivity contribution in [2.45, 2.75) is 79.0 Å². The Morgan fingerprint density at radius 1 is 0.864 bits per heavy atom. The number of benzene rings is 1. The van der Waals surface area contributed by atoms with Crippen LogP contribution in [0.25, 0.3) is 0 Å². The standard InChI is InChI=1S/C32H45N5O7/c1-19(2)16-33-32(43)44-18-23-8-12-25(13-9-23)35-29(40)21(5)34-31(42)28(20(3)4)36-30(41)24-10-6-22(7-11-24)17-37-26(38)14-15-27(37)39/h8-9,12-15,19-22,24,28H,6-7,10-11,16-18H2,1-5H3,(H,33,43)(H,34,42)(H,35,40)(H,36,41)/t21-,22?,24?,28-/m0/s1. The molecule has 1 aromatic rings. The summed E-state index contributed by atoms with van der Waals surface area (Å²) < 4.78 is 5.18. The van der Waals surface area contributed by atoms with Gasteiger partial charge in [0.15, 0.2) is 0 Å². The first-order valence-electron chi connectivity index (χ1n) is 15.3. The molecule has 1 fully saturated rings. The molecule has 1 saturated carbocycles. The number of hydrogen-bond acceptors (Lipinski definition) is 7. The molecule has 240 valence electrons. The van der Waals surface area contributed by atoms with E-state index >= 15 is 0 Å². The minimum Gasteiger partial charge on any atom is -0.445 e. The highest BCUT2D eigenvalue weighted by Crippen LogP contribution is 2.30. The Balaban J connectivity index is 1.43. The normalized spacial score (nSPS) is 19.5. The van der Waals surface area contributed by atoms with Crippen molar-refractivity contribution in [2.24, 2.45) is 23.7 Å². The topological polar surface area (TPSA) is 163 Å². The maximum atomic E-state index is 13.1. The van der Waals surface area contributed by atoms with Gasteiger partial charge in [0.25, 0.3) is 11.8 Å². The van der Waals surface area contributed by atoms with E-state index in [9.17, 15) is 28.8 Å². The van der Waals surface area contributed by atoms with Gasteiger partial charge in [0, 0.05) is 36.8 Å². The summed E-state index contributed by atoms with van der Waals surface area (Å²) >= 11 is 0. The number of nitrogens with one attached hydrogen (secondary N) is 4. The SMILES string of the molecule is CC(C)CNC(=O)OCc1ccc(NC(=O)[C@H](C)NC(=O)[C@@H](NC(=O)C2CCC(CN3C(=O)C=CC3=O)CC2)C(C)C)cc1. The van der Waals surface area contributed by atoms with Gasteiger partial charge in [-0.05, 0) is 68.1 Å². The molecule has 12 nitrogen and oxygen atoms in total. The van der Waals surface area contributed by atoms with Crippen LogP contribution in [0.3, 0.4) is 0 Å². The number of amides is 6. The maximum absolute atomic E-state index is 13.1. The van der Waals surface area contributed by atoms with Crippen LogP contribution in [-0.4, -0.2) is 65.7 Å². The van der Waals surface area contributed by atoms with Gasteiger partial charge in [0.05, 0.1) is 0 Å². The summed E-state index contributed by atoms with van der Waals surface area (Å²) in [4.78, 5) is 75.6. The number of alkyl carbamates (subject to hydrolysis) is 1. The van der Waals surface area contributed by atoms with Gasteiger partial charge in [-0.2, -0.15) is 0 Å². The minimum absolute atomic E-state index is 0.0900. The van der Waals surface area contributed by atoms with Crippen LogP contribution in [0.5, 0.6) is 0 Å². The molecule has 2 atom stereocenters. The van der Waals surface area contributed by atoms with Crippen molar-refractivity contribution >= 4 is 41.3 Å². The average molecular weight is 612 g/mol. The van der Waals surface area contributed by atoms with Gasteiger partial charge in [-0.1, -0.05) is 39.8 Å². The monoisotopic (exact) mass is 611 g/mol. The minimum atomic E-state index is -0.866. The van der Waals surface area contributed by atoms with Crippen LogP contribution in [0, 0.1) is 23.7 Å². The van der Waals surface area contributed by atoms with Crippen molar-refractivity contribution in [3.8, 4) is 0 Å². The molecule has 4 N–H and O–H groups in total. The van der Waals surface area contributed by atoms with Crippen LogP contribution < -0.4 is 21.3 Å². The van der Waals surface area contributed by atoms with Crippen molar-refractivity contribution in [1.82, 2.24) is 20.9 Å². The molecule has 3 rings (SSSR count). The van der Waals surface area contributed by atoms with E-state index in [0.717, 1.165) is 5.56 Å². The number of anilines is 1. The molecule has 1 heterocycles. The highest BCUT2D eigenvalue weighted by Gasteiger charge is 2.34. The Kier molecular flexibility index (Phi) is 12.5. The number of ether oxygens (including phenoxy) is 1. The van der Waals surface area contributed by atoms with E-state index in [2.05, 4.69) is 21.3 Å². The summed E-state index contributed by atoms with van der Waals surface area (Å²) in [5.41, 5.74) is 1.27.